The second-order valence-corrected chi connectivity index (χ2v) is 5.70. The normalized spacial score (nSPS) is 11.4. The number of pyridine rings is 2. The van der Waals surface area contributed by atoms with E-state index in [0.29, 0.717) is 16.6 Å². The summed E-state index contributed by atoms with van der Waals surface area (Å²) in [5.74, 6) is -1.11. The lowest BCUT2D eigenvalue weighted by Crippen LogP contribution is -2.19. The van der Waals surface area contributed by atoms with Crippen LogP contribution in [0.4, 0.5) is 23.2 Å². The second kappa shape index (κ2) is 7.18. The second-order valence-electron chi connectivity index (χ2n) is 5.70. The van der Waals surface area contributed by atoms with E-state index in [1.807, 2.05) is 0 Å². The van der Waals surface area contributed by atoms with Crippen LogP contribution in [0.5, 0.6) is 5.88 Å². The highest BCUT2D eigenvalue weighted by Crippen LogP contribution is 2.20. The highest BCUT2D eigenvalue weighted by molar-refractivity contribution is 6.06. The molecule has 3 rings (SSSR count). The van der Waals surface area contributed by atoms with Crippen LogP contribution in [0, 0.1) is 12.7 Å². The Hall–Kier alpha value is -3.23. The SMILES string of the molecule is Cc1nc2cc(F)ccc2cc1C(=O)Nc1ccc(OCC(F)(F)F)nc1. The summed E-state index contributed by atoms with van der Waals surface area (Å²) < 4.78 is 54.1. The lowest BCUT2D eigenvalue weighted by molar-refractivity contribution is -0.154. The van der Waals surface area contributed by atoms with Crippen LogP contribution in [0.25, 0.3) is 10.9 Å². The summed E-state index contributed by atoms with van der Waals surface area (Å²) in [5.41, 5.74) is 1.39. The fourth-order valence-corrected chi connectivity index (χ4v) is 2.36. The molecule has 0 saturated carbocycles. The Morgan fingerprint density at radius 1 is 1.19 bits per heavy atom. The van der Waals surface area contributed by atoms with Crippen LogP contribution in [0.3, 0.4) is 0 Å². The number of benzene rings is 1. The molecular formula is C18H13F4N3O2. The average Bonchev–Trinajstić information content (AvgIpc) is 2.59. The Bertz CT molecular complexity index is 988. The number of anilines is 1. The van der Waals surface area contributed by atoms with Crippen molar-refractivity contribution in [1.82, 2.24) is 9.97 Å². The fourth-order valence-electron chi connectivity index (χ4n) is 2.36. The van der Waals surface area contributed by atoms with Gasteiger partial charge in [0.2, 0.25) is 5.88 Å². The number of rotatable bonds is 4. The van der Waals surface area contributed by atoms with Crippen LogP contribution in [-0.4, -0.2) is 28.7 Å². The maximum atomic E-state index is 13.3. The van der Waals surface area contributed by atoms with Gasteiger partial charge in [0.15, 0.2) is 6.61 Å². The number of aryl methyl sites for hydroxylation is 1. The first-order chi connectivity index (χ1) is 12.7. The molecule has 1 aromatic carbocycles. The molecule has 0 spiro atoms. The quantitative estimate of drug-likeness (QED) is 0.688. The zero-order chi connectivity index (χ0) is 19.6. The van der Waals surface area contributed by atoms with Crippen molar-refractivity contribution >= 4 is 22.5 Å². The molecule has 5 nitrogen and oxygen atoms in total. The fraction of sp³-hybridized carbons (Fsp3) is 0.167. The van der Waals surface area contributed by atoms with Gasteiger partial charge >= 0.3 is 6.18 Å². The van der Waals surface area contributed by atoms with Crippen molar-refractivity contribution in [2.24, 2.45) is 0 Å². The number of hydrogen-bond donors (Lipinski definition) is 1. The van der Waals surface area contributed by atoms with Gasteiger partial charge in [-0.15, -0.1) is 0 Å². The van der Waals surface area contributed by atoms with Crippen molar-refractivity contribution in [3.05, 3.63) is 59.7 Å². The molecule has 1 N–H and O–H groups in total. The number of halogens is 4. The molecule has 0 radical (unpaired) electrons. The van der Waals surface area contributed by atoms with Crippen molar-refractivity contribution in [2.75, 3.05) is 11.9 Å². The highest BCUT2D eigenvalue weighted by Gasteiger charge is 2.28. The number of hydrogen-bond acceptors (Lipinski definition) is 4. The Morgan fingerprint density at radius 3 is 2.63 bits per heavy atom. The van der Waals surface area contributed by atoms with Gasteiger partial charge in [-0.1, -0.05) is 0 Å². The maximum Gasteiger partial charge on any atom is 0.422 e. The van der Waals surface area contributed by atoms with E-state index in [9.17, 15) is 22.4 Å². The van der Waals surface area contributed by atoms with E-state index in [0.717, 1.165) is 0 Å². The van der Waals surface area contributed by atoms with Crippen molar-refractivity contribution in [1.29, 1.82) is 0 Å². The Balaban J connectivity index is 1.74. The Labute approximate surface area is 151 Å². The number of amides is 1. The topological polar surface area (TPSA) is 64.1 Å². The molecule has 2 heterocycles. The van der Waals surface area contributed by atoms with E-state index >= 15 is 0 Å². The van der Waals surface area contributed by atoms with Gasteiger partial charge in [0.05, 0.1) is 28.7 Å². The van der Waals surface area contributed by atoms with Crippen molar-refractivity contribution in [2.45, 2.75) is 13.1 Å². The first kappa shape index (κ1) is 18.6. The first-order valence-corrected chi connectivity index (χ1v) is 7.75. The number of nitrogens with one attached hydrogen (secondary N) is 1. The Morgan fingerprint density at radius 2 is 1.96 bits per heavy atom. The summed E-state index contributed by atoms with van der Waals surface area (Å²) in [6.45, 7) is 0.167. The molecule has 27 heavy (non-hydrogen) atoms. The van der Waals surface area contributed by atoms with Crippen LogP contribution in [0.15, 0.2) is 42.6 Å². The van der Waals surface area contributed by atoms with Crippen molar-refractivity contribution in [3.63, 3.8) is 0 Å². The van der Waals surface area contributed by atoms with Gasteiger partial charge in [-0.2, -0.15) is 13.2 Å². The summed E-state index contributed by atoms with van der Waals surface area (Å²) >= 11 is 0. The molecule has 1 amide bonds. The van der Waals surface area contributed by atoms with Gasteiger partial charge < -0.3 is 10.1 Å². The third-order valence-electron chi connectivity index (χ3n) is 3.59. The molecule has 3 aromatic rings. The number of aromatic nitrogens is 2. The van der Waals surface area contributed by atoms with Crippen LogP contribution < -0.4 is 10.1 Å². The monoisotopic (exact) mass is 379 g/mol. The number of nitrogens with zero attached hydrogens (tertiary/aromatic N) is 2. The molecule has 140 valence electrons. The minimum Gasteiger partial charge on any atom is -0.468 e. The summed E-state index contributed by atoms with van der Waals surface area (Å²) in [5, 5.41) is 3.18. The number of fused-ring (bicyclic) bond motifs is 1. The van der Waals surface area contributed by atoms with Crippen molar-refractivity contribution < 1.29 is 27.1 Å². The molecule has 2 aromatic heterocycles. The lowest BCUT2D eigenvalue weighted by Gasteiger charge is -2.10. The van der Waals surface area contributed by atoms with Gasteiger partial charge in [0.1, 0.15) is 5.82 Å². The summed E-state index contributed by atoms with van der Waals surface area (Å²) in [4.78, 5) is 20.4. The average molecular weight is 379 g/mol. The number of carbonyl (C=O) groups is 1. The zero-order valence-electron chi connectivity index (χ0n) is 14.0. The molecular weight excluding hydrogens is 366 g/mol. The molecule has 0 bridgehead atoms. The molecule has 0 aliphatic carbocycles. The zero-order valence-corrected chi connectivity index (χ0v) is 14.0. The van der Waals surface area contributed by atoms with Crippen LogP contribution in [-0.2, 0) is 0 Å². The van der Waals surface area contributed by atoms with E-state index in [1.165, 1.54) is 36.5 Å². The number of alkyl halides is 3. The molecule has 9 heteroatoms. The van der Waals surface area contributed by atoms with Gasteiger partial charge in [-0.05, 0) is 31.2 Å². The Kier molecular flexibility index (Phi) is 4.93. The van der Waals surface area contributed by atoms with Crippen LogP contribution in [0.1, 0.15) is 16.1 Å². The predicted molar refractivity (Wildman–Crippen MR) is 90.2 cm³/mol. The maximum absolute atomic E-state index is 13.3. The predicted octanol–water partition coefficient (Wildman–Crippen LogP) is 4.27. The van der Waals surface area contributed by atoms with E-state index in [2.05, 4.69) is 20.0 Å². The van der Waals surface area contributed by atoms with Crippen LogP contribution in [0.2, 0.25) is 0 Å². The minimum atomic E-state index is -4.46. The van der Waals surface area contributed by atoms with Crippen LogP contribution >= 0.6 is 0 Å². The standard InChI is InChI=1S/C18H13F4N3O2/c1-10-14(6-11-2-3-12(19)7-15(11)24-10)17(26)25-13-4-5-16(23-8-13)27-9-18(20,21)22/h2-8H,9H2,1H3,(H,25,26). The number of carbonyl (C=O) groups excluding carboxylic acids is 1. The molecule has 0 atom stereocenters. The molecule has 0 saturated heterocycles. The minimum absolute atomic E-state index is 0.212. The van der Waals surface area contributed by atoms with Gasteiger partial charge in [-0.25, -0.2) is 9.37 Å². The molecule has 0 fully saturated rings. The largest absolute Gasteiger partial charge is 0.468 e. The van der Waals surface area contributed by atoms with E-state index in [-0.39, 0.29) is 17.1 Å². The number of ether oxygens (including phenoxy) is 1. The van der Waals surface area contributed by atoms with Gasteiger partial charge in [0.25, 0.3) is 5.91 Å². The third-order valence-corrected chi connectivity index (χ3v) is 3.59. The molecule has 0 aliphatic rings. The van der Waals surface area contributed by atoms with Gasteiger partial charge in [-0.3, -0.25) is 9.78 Å². The van der Waals surface area contributed by atoms with Gasteiger partial charge in [0, 0.05) is 17.5 Å². The van der Waals surface area contributed by atoms with Crippen molar-refractivity contribution in [3.8, 4) is 5.88 Å². The highest BCUT2D eigenvalue weighted by atomic mass is 19.4. The molecule has 0 aliphatic heterocycles. The summed E-state index contributed by atoms with van der Waals surface area (Å²) in [6.07, 6.45) is -3.28. The van der Waals surface area contributed by atoms with E-state index < -0.39 is 24.5 Å². The lowest BCUT2D eigenvalue weighted by atomic mass is 10.1. The third kappa shape index (κ3) is 4.69. The van der Waals surface area contributed by atoms with E-state index in [4.69, 9.17) is 0 Å². The molecule has 0 unspecified atom stereocenters. The summed E-state index contributed by atoms with van der Waals surface area (Å²) in [7, 11) is 0. The smallest absolute Gasteiger partial charge is 0.422 e. The summed E-state index contributed by atoms with van der Waals surface area (Å²) in [6, 6.07) is 8.23. The van der Waals surface area contributed by atoms with E-state index in [1.54, 1.807) is 13.0 Å². The first-order valence-electron chi connectivity index (χ1n) is 7.75.